The molecular weight excluding hydrogens is 254 g/mol. The van der Waals surface area contributed by atoms with Crippen LogP contribution in [0.5, 0.6) is 0 Å². The predicted octanol–water partition coefficient (Wildman–Crippen LogP) is 0.528. The van der Waals surface area contributed by atoms with Gasteiger partial charge in [-0.25, -0.2) is 4.79 Å². The molecule has 2 aromatic rings. The van der Waals surface area contributed by atoms with Gasteiger partial charge >= 0.3 is 5.97 Å². The number of carboxylic acids is 1. The van der Waals surface area contributed by atoms with E-state index in [1.165, 1.54) is 12.3 Å². The molecule has 2 N–H and O–H groups in total. The van der Waals surface area contributed by atoms with Crippen molar-refractivity contribution in [3.8, 4) is 0 Å². The van der Waals surface area contributed by atoms with E-state index in [1.54, 1.807) is 6.92 Å². The molecule has 0 atom stereocenters. The van der Waals surface area contributed by atoms with Crippen LogP contribution in [0.25, 0.3) is 0 Å². The van der Waals surface area contributed by atoms with Crippen molar-refractivity contribution in [1.29, 1.82) is 0 Å². The van der Waals surface area contributed by atoms with E-state index in [9.17, 15) is 9.59 Å². The summed E-state index contributed by atoms with van der Waals surface area (Å²) in [7, 11) is 0. The molecule has 0 aromatic carbocycles. The number of nitrogens with one attached hydrogen (secondary N) is 1. The Balaban J connectivity index is 1.90. The average molecular weight is 265 g/mol. The average Bonchev–Trinajstić information content (AvgIpc) is 2.95. The number of aryl methyl sites for hydroxylation is 1. The summed E-state index contributed by atoms with van der Waals surface area (Å²) in [5, 5.41) is 15.0. The molecule has 19 heavy (non-hydrogen) atoms. The van der Waals surface area contributed by atoms with Gasteiger partial charge in [0.25, 0.3) is 0 Å². The maximum absolute atomic E-state index is 11.6. The molecule has 8 heteroatoms. The Morgan fingerprint density at radius 1 is 1.47 bits per heavy atom. The first-order valence-corrected chi connectivity index (χ1v) is 5.42. The normalized spacial score (nSPS) is 10.4. The standard InChI is InChI=1S/C11H11N3O5/c1-6-13-10(19-14-6)5-12-9(15)4-8-7(11(16)17)2-3-18-8/h2-3H,4-5H2,1H3,(H,12,15)(H,16,17). The highest BCUT2D eigenvalue weighted by Gasteiger charge is 2.16. The van der Waals surface area contributed by atoms with Crippen molar-refractivity contribution in [1.82, 2.24) is 15.5 Å². The van der Waals surface area contributed by atoms with Gasteiger partial charge in [-0.3, -0.25) is 4.79 Å². The Morgan fingerprint density at radius 2 is 2.26 bits per heavy atom. The first kappa shape index (κ1) is 12.8. The summed E-state index contributed by atoms with van der Waals surface area (Å²) in [5.74, 6) is -0.670. The monoisotopic (exact) mass is 265 g/mol. The topological polar surface area (TPSA) is 118 Å². The van der Waals surface area contributed by atoms with Crippen LogP contribution in [-0.2, 0) is 17.8 Å². The predicted molar refractivity (Wildman–Crippen MR) is 60.3 cm³/mol. The first-order valence-electron chi connectivity index (χ1n) is 5.42. The van der Waals surface area contributed by atoms with Crippen molar-refractivity contribution in [3.63, 3.8) is 0 Å². The Kier molecular flexibility index (Phi) is 3.60. The highest BCUT2D eigenvalue weighted by molar-refractivity contribution is 5.90. The third-order valence-corrected chi connectivity index (χ3v) is 2.30. The largest absolute Gasteiger partial charge is 0.478 e. The van der Waals surface area contributed by atoms with Crippen LogP contribution < -0.4 is 5.32 Å². The van der Waals surface area contributed by atoms with Crippen LogP contribution in [0.4, 0.5) is 0 Å². The maximum Gasteiger partial charge on any atom is 0.339 e. The molecule has 0 aliphatic heterocycles. The zero-order chi connectivity index (χ0) is 13.8. The van der Waals surface area contributed by atoms with E-state index >= 15 is 0 Å². The fraction of sp³-hybridized carbons (Fsp3) is 0.273. The van der Waals surface area contributed by atoms with Crippen molar-refractivity contribution in [3.05, 3.63) is 35.4 Å². The molecule has 1 amide bonds. The van der Waals surface area contributed by atoms with Gasteiger partial charge in [-0.1, -0.05) is 5.16 Å². The molecule has 0 saturated carbocycles. The van der Waals surface area contributed by atoms with Gasteiger partial charge in [0.05, 0.1) is 19.2 Å². The van der Waals surface area contributed by atoms with E-state index < -0.39 is 11.9 Å². The van der Waals surface area contributed by atoms with Gasteiger partial charge in [0.2, 0.25) is 11.8 Å². The van der Waals surface area contributed by atoms with Crippen molar-refractivity contribution in [2.75, 3.05) is 0 Å². The smallest absolute Gasteiger partial charge is 0.339 e. The van der Waals surface area contributed by atoms with E-state index in [4.69, 9.17) is 14.0 Å². The second-order valence-electron chi connectivity index (χ2n) is 3.75. The van der Waals surface area contributed by atoms with E-state index in [0.29, 0.717) is 5.82 Å². The van der Waals surface area contributed by atoms with Crippen LogP contribution in [0, 0.1) is 6.92 Å². The Hall–Kier alpha value is -2.64. The minimum Gasteiger partial charge on any atom is -0.478 e. The molecule has 2 rings (SSSR count). The molecule has 100 valence electrons. The summed E-state index contributed by atoms with van der Waals surface area (Å²) >= 11 is 0. The molecule has 0 radical (unpaired) electrons. The molecule has 0 fully saturated rings. The number of furan rings is 1. The molecule has 0 saturated heterocycles. The lowest BCUT2D eigenvalue weighted by Gasteiger charge is -2.01. The summed E-state index contributed by atoms with van der Waals surface area (Å²) < 4.78 is 9.78. The Labute approximate surface area is 107 Å². The molecule has 0 bridgehead atoms. The number of rotatable bonds is 5. The molecule has 8 nitrogen and oxygen atoms in total. The van der Waals surface area contributed by atoms with Gasteiger partial charge in [0.15, 0.2) is 5.82 Å². The number of carbonyl (C=O) groups excluding carboxylic acids is 1. The second-order valence-corrected chi connectivity index (χ2v) is 3.75. The van der Waals surface area contributed by atoms with E-state index in [2.05, 4.69) is 15.5 Å². The number of aromatic nitrogens is 2. The number of carboxylic acid groups (broad SMARTS) is 1. The lowest BCUT2D eigenvalue weighted by molar-refractivity contribution is -0.120. The summed E-state index contributed by atoms with van der Waals surface area (Å²) in [6.07, 6.45) is 1.06. The van der Waals surface area contributed by atoms with E-state index in [1.807, 2.05) is 0 Å². The summed E-state index contributed by atoms with van der Waals surface area (Å²) in [4.78, 5) is 26.3. The molecule has 0 spiro atoms. The quantitative estimate of drug-likeness (QED) is 0.809. The fourth-order valence-electron chi connectivity index (χ4n) is 1.46. The third kappa shape index (κ3) is 3.18. The number of carbonyl (C=O) groups is 2. The summed E-state index contributed by atoms with van der Waals surface area (Å²) in [6, 6.07) is 1.30. The van der Waals surface area contributed by atoms with Crippen LogP contribution in [0.1, 0.15) is 27.8 Å². The fourth-order valence-corrected chi connectivity index (χ4v) is 1.46. The Morgan fingerprint density at radius 3 is 2.89 bits per heavy atom. The van der Waals surface area contributed by atoms with Gasteiger partial charge in [0, 0.05) is 0 Å². The van der Waals surface area contributed by atoms with Gasteiger partial charge in [-0.15, -0.1) is 0 Å². The molecule has 0 aliphatic rings. The molecule has 2 aromatic heterocycles. The zero-order valence-electron chi connectivity index (χ0n) is 10.0. The maximum atomic E-state index is 11.6. The van der Waals surface area contributed by atoms with Gasteiger partial charge in [-0.05, 0) is 13.0 Å². The van der Waals surface area contributed by atoms with Crippen molar-refractivity contribution in [2.24, 2.45) is 0 Å². The minimum atomic E-state index is -1.14. The number of aromatic carboxylic acids is 1. The molecular formula is C11H11N3O5. The van der Waals surface area contributed by atoms with Crippen molar-refractivity contribution >= 4 is 11.9 Å². The van der Waals surface area contributed by atoms with Crippen LogP contribution >= 0.6 is 0 Å². The third-order valence-electron chi connectivity index (χ3n) is 2.30. The number of hydrogen-bond donors (Lipinski definition) is 2. The van der Waals surface area contributed by atoms with Crippen molar-refractivity contribution < 1.29 is 23.6 Å². The number of amides is 1. The van der Waals surface area contributed by atoms with Gasteiger partial charge < -0.3 is 19.4 Å². The van der Waals surface area contributed by atoms with Gasteiger partial charge in [-0.2, -0.15) is 4.98 Å². The minimum absolute atomic E-state index is 0.0243. The van der Waals surface area contributed by atoms with E-state index in [0.717, 1.165) is 0 Å². The summed E-state index contributed by atoms with van der Waals surface area (Å²) in [5.41, 5.74) is -0.0243. The molecule has 2 heterocycles. The highest BCUT2D eigenvalue weighted by Crippen LogP contribution is 2.11. The zero-order valence-corrected chi connectivity index (χ0v) is 10.0. The van der Waals surface area contributed by atoms with Gasteiger partial charge in [0.1, 0.15) is 11.3 Å². The summed E-state index contributed by atoms with van der Waals surface area (Å²) in [6.45, 7) is 1.75. The first-order chi connectivity index (χ1) is 9.06. The Bertz CT molecular complexity index is 601. The number of hydrogen-bond acceptors (Lipinski definition) is 6. The second kappa shape index (κ2) is 5.34. The van der Waals surface area contributed by atoms with Crippen LogP contribution in [-0.4, -0.2) is 27.1 Å². The van der Waals surface area contributed by atoms with Crippen LogP contribution in [0.15, 0.2) is 21.3 Å². The van der Waals surface area contributed by atoms with E-state index in [-0.39, 0.29) is 30.2 Å². The number of nitrogens with zero attached hydrogens (tertiary/aromatic N) is 2. The molecule has 0 unspecified atom stereocenters. The highest BCUT2D eigenvalue weighted by atomic mass is 16.5. The lowest BCUT2D eigenvalue weighted by atomic mass is 10.2. The molecule has 0 aliphatic carbocycles. The van der Waals surface area contributed by atoms with Crippen LogP contribution in [0.2, 0.25) is 0 Å². The van der Waals surface area contributed by atoms with Crippen LogP contribution in [0.3, 0.4) is 0 Å². The van der Waals surface area contributed by atoms with Crippen molar-refractivity contribution in [2.45, 2.75) is 19.9 Å². The lowest BCUT2D eigenvalue weighted by Crippen LogP contribution is -2.25. The SMILES string of the molecule is Cc1noc(CNC(=O)Cc2occc2C(=O)O)n1.